The Kier molecular flexibility index (Phi) is 3.90. The number of carboxylic acid groups (broad SMARTS) is 1. The van der Waals surface area contributed by atoms with E-state index in [0.29, 0.717) is 17.9 Å². The normalized spacial score (nSPS) is 14.2. The van der Waals surface area contributed by atoms with Gasteiger partial charge in [0.15, 0.2) is 5.60 Å². The van der Waals surface area contributed by atoms with Crippen LogP contribution in [0.15, 0.2) is 24.3 Å². The first-order valence-corrected chi connectivity index (χ1v) is 5.06. The topological polar surface area (TPSA) is 55.8 Å². The third kappa shape index (κ3) is 2.33. The van der Waals surface area contributed by atoms with Gasteiger partial charge in [-0.15, -0.1) is 0 Å². The van der Waals surface area contributed by atoms with E-state index in [1.807, 2.05) is 0 Å². The molecule has 0 aliphatic heterocycles. The van der Waals surface area contributed by atoms with Crippen LogP contribution in [0.25, 0.3) is 0 Å². The molecule has 0 aliphatic rings. The Balaban J connectivity index is 3.15. The summed E-state index contributed by atoms with van der Waals surface area (Å²) in [5.74, 6) is -0.396. The second-order valence-corrected chi connectivity index (χ2v) is 3.50. The van der Waals surface area contributed by atoms with Crippen LogP contribution >= 0.6 is 0 Å². The molecule has 1 aromatic rings. The summed E-state index contributed by atoms with van der Waals surface area (Å²) in [7, 11) is 1.54. The van der Waals surface area contributed by atoms with Crippen molar-refractivity contribution in [1.82, 2.24) is 0 Å². The minimum absolute atomic E-state index is 0.333. The Hall–Kier alpha value is -1.55. The maximum absolute atomic E-state index is 11.2. The van der Waals surface area contributed by atoms with Crippen molar-refractivity contribution in [2.24, 2.45) is 0 Å². The summed E-state index contributed by atoms with van der Waals surface area (Å²) < 4.78 is 10.4. The molecular formula is C12H16O4. The molecule has 0 saturated heterocycles. The molecule has 0 saturated carbocycles. The molecule has 0 amide bonds. The molecule has 0 aliphatic carbocycles. The van der Waals surface area contributed by atoms with Gasteiger partial charge in [0.1, 0.15) is 5.75 Å². The van der Waals surface area contributed by atoms with Crippen LogP contribution in [0.1, 0.15) is 19.4 Å². The van der Waals surface area contributed by atoms with E-state index in [0.717, 1.165) is 0 Å². The molecule has 16 heavy (non-hydrogen) atoms. The van der Waals surface area contributed by atoms with E-state index in [9.17, 15) is 9.90 Å². The highest BCUT2D eigenvalue weighted by molar-refractivity contribution is 5.79. The summed E-state index contributed by atoms with van der Waals surface area (Å²) in [5, 5.41) is 9.21. The lowest BCUT2D eigenvalue weighted by molar-refractivity contribution is -0.164. The van der Waals surface area contributed by atoms with E-state index in [1.54, 1.807) is 31.2 Å². The van der Waals surface area contributed by atoms with E-state index < -0.39 is 11.6 Å². The van der Waals surface area contributed by atoms with Gasteiger partial charge in [0, 0.05) is 6.61 Å². The number of carbonyl (C=O) groups is 1. The summed E-state index contributed by atoms with van der Waals surface area (Å²) in [4.78, 5) is 11.2. The summed E-state index contributed by atoms with van der Waals surface area (Å²) in [6.45, 7) is 3.63. The fourth-order valence-corrected chi connectivity index (χ4v) is 1.48. The van der Waals surface area contributed by atoms with Gasteiger partial charge in [-0.2, -0.15) is 0 Å². The molecule has 0 spiro atoms. The third-order valence-corrected chi connectivity index (χ3v) is 2.46. The Morgan fingerprint density at radius 1 is 1.50 bits per heavy atom. The van der Waals surface area contributed by atoms with Crippen molar-refractivity contribution >= 4 is 5.97 Å². The molecule has 1 rings (SSSR count). The highest BCUT2D eigenvalue weighted by Gasteiger charge is 2.36. The molecular weight excluding hydrogens is 208 g/mol. The molecule has 0 bridgehead atoms. The monoisotopic (exact) mass is 224 g/mol. The van der Waals surface area contributed by atoms with Crippen molar-refractivity contribution in [3.05, 3.63) is 29.8 Å². The highest BCUT2D eigenvalue weighted by Crippen LogP contribution is 2.28. The first-order chi connectivity index (χ1) is 7.54. The summed E-state index contributed by atoms with van der Waals surface area (Å²) in [6, 6.07) is 6.89. The first-order valence-electron chi connectivity index (χ1n) is 5.06. The number of hydrogen-bond donors (Lipinski definition) is 1. The quantitative estimate of drug-likeness (QED) is 0.831. The Morgan fingerprint density at radius 2 is 2.19 bits per heavy atom. The standard InChI is InChI=1S/C12H16O4/c1-4-16-12(2,11(13)14)9-6-5-7-10(8-9)15-3/h5-8H,4H2,1-3H3,(H,13,14). The highest BCUT2D eigenvalue weighted by atomic mass is 16.5. The SMILES string of the molecule is CCOC(C)(C(=O)O)c1cccc(OC)c1. The van der Waals surface area contributed by atoms with Crippen LogP contribution in [0.3, 0.4) is 0 Å². The van der Waals surface area contributed by atoms with Crippen LogP contribution < -0.4 is 4.74 Å². The second kappa shape index (κ2) is 4.99. The number of hydrogen-bond acceptors (Lipinski definition) is 3. The number of rotatable bonds is 5. The van der Waals surface area contributed by atoms with Gasteiger partial charge in [0.2, 0.25) is 0 Å². The minimum atomic E-state index is -1.33. The van der Waals surface area contributed by atoms with Crippen molar-refractivity contribution < 1.29 is 19.4 Å². The number of carboxylic acids is 1. The molecule has 0 heterocycles. The Labute approximate surface area is 94.8 Å². The minimum Gasteiger partial charge on any atom is -0.497 e. The van der Waals surface area contributed by atoms with Gasteiger partial charge < -0.3 is 14.6 Å². The number of aliphatic carboxylic acids is 1. The average Bonchev–Trinajstić information content (AvgIpc) is 2.29. The summed E-state index contributed by atoms with van der Waals surface area (Å²) in [6.07, 6.45) is 0. The van der Waals surface area contributed by atoms with E-state index in [2.05, 4.69) is 0 Å². The maximum atomic E-state index is 11.2. The number of benzene rings is 1. The van der Waals surface area contributed by atoms with Crippen LogP contribution in [-0.2, 0) is 15.1 Å². The van der Waals surface area contributed by atoms with Gasteiger partial charge in [0.25, 0.3) is 0 Å². The number of ether oxygens (including phenoxy) is 2. The summed E-state index contributed by atoms with van der Waals surface area (Å²) >= 11 is 0. The zero-order chi connectivity index (χ0) is 12.2. The smallest absolute Gasteiger partial charge is 0.340 e. The van der Waals surface area contributed by atoms with Crippen LogP contribution in [-0.4, -0.2) is 24.8 Å². The van der Waals surface area contributed by atoms with Gasteiger partial charge in [-0.3, -0.25) is 0 Å². The molecule has 88 valence electrons. The first kappa shape index (κ1) is 12.5. The lowest BCUT2D eigenvalue weighted by Gasteiger charge is -2.25. The molecule has 4 nitrogen and oxygen atoms in total. The molecule has 1 N–H and O–H groups in total. The van der Waals surface area contributed by atoms with E-state index in [-0.39, 0.29) is 0 Å². The molecule has 1 aromatic carbocycles. The Bertz CT molecular complexity index is 375. The van der Waals surface area contributed by atoms with Crippen LogP contribution in [0.4, 0.5) is 0 Å². The van der Waals surface area contributed by atoms with Gasteiger partial charge in [-0.05, 0) is 31.5 Å². The van der Waals surface area contributed by atoms with Crippen LogP contribution in [0.5, 0.6) is 5.75 Å². The Morgan fingerprint density at radius 3 is 2.69 bits per heavy atom. The summed E-state index contributed by atoms with van der Waals surface area (Å²) in [5.41, 5.74) is -0.760. The zero-order valence-corrected chi connectivity index (χ0v) is 9.69. The predicted molar refractivity (Wildman–Crippen MR) is 59.6 cm³/mol. The van der Waals surface area contributed by atoms with Gasteiger partial charge >= 0.3 is 5.97 Å². The molecule has 1 unspecified atom stereocenters. The predicted octanol–water partition coefficient (Wildman–Crippen LogP) is 2.03. The lowest BCUT2D eigenvalue weighted by Crippen LogP contribution is -2.35. The van der Waals surface area contributed by atoms with E-state index >= 15 is 0 Å². The fourth-order valence-electron chi connectivity index (χ4n) is 1.48. The molecule has 4 heteroatoms. The van der Waals surface area contributed by atoms with Crippen molar-refractivity contribution in [3.8, 4) is 5.75 Å². The van der Waals surface area contributed by atoms with Gasteiger partial charge in [-0.25, -0.2) is 4.79 Å². The van der Waals surface area contributed by atoms with E-state index in [4.69, 9.17) is 9.47 Å². The lowest BCUT2D eigenvalue weighted by atomic mass is 9.95. The maximum Gasteiger partial charge on any atom is 0.340 e. The van der Waals surface area contributed by atoms with Crippen LogP contribution in [0.2, 0.25) is 0 Å². The average molecular weight is 224 g/mol. The largest absolute Gasteiger partial charge is 0.497 e. The molecule has 1 atom stereocenters. The van der Waals surface area contributed by atoms with E-state index in [1.165, 1.54) is 14.0 Å². The van der Waals surface area contributed by atoms with Crippen molar-refractivity contribution in [2.75, 3.05) is 13.7 Å². The fraction of sp³-hybridized carbons (Fsp3) is 0.417. The van der Waals surface area contributed by atoms with Crippen LogP contribution in [0, 0.1) is 0 Å². The third-order valence-electron chi connectivity index (χ3n) is 2.46. The van der Waals surface area contributed by atoms with Crippen molar-refractivity contribution in [1.29, 1.82) is 0 Å². The van der Waals surface area contributed by atoms with Gasteiger partial charge in [-0.1, -0.05) is 12.1 Å². The second-order valence-electron chi connectivity index (χ2n) is 3.50. The molecule has 0 aromatic heterocycles. The van der Waals surface area contributed by atoms with Crippen molar-refractivity contribution in [2.45, 2.75) is 19.4 Å². The van der Waals surface area contributed by atoms with Gasteiger partial charge in [0.05, 0.1) is 7.11 Å². The van der Waals surface area contributed by atoms with Crippen molar-refractivity contribution in [3.63, 3.8) is 0 Å². The number of methoxy groups -OCH3 is 1. The molecule has 0 radical (unpaired) electrons. The zero-order valence-electron chi connectivity index (χ0n) is 9.69. The molecule has 0 fully saturated rings.